The van der Waals surface area contributed by atoms with Crippen molar-refractivity contribution in [2.45, 2.75) is 38.2 Å². The van der Waals surface area contributed by atoms with Crippen LogP contribution in [-0.2, 0) is 6.42 Å². The molecule has 1 aromatic carbocycles. The van der Waals surface area contributed by atoms with Crippen molar-refractivity contribution in [2.75, 3.05) is 0 Å². The van der Waals surface area contributed by atoms with E-state index in [9.17, 15) is 9.50 Å². The Balaban J connectivity index is 1.98. The zero-order chi connectivity index (χ0) is 10.9. The Morgan fingerprint density at radius 1 is 1.53 bits per heavy atom. The maximum atomic E-state index is 12.9. The van der Waals surface area contributed by atoms with E-state index in [4.69, 9.17) is 0 Å². The summed E-state index contributed by atoms with van der Waals surface area (Å²) in [4.78, 5) is 0. The van der Waals surface area contributed by atoms with Crippen LogP contribution < -0.4 is 0 Å². The summed E-state index contributed by atoms with van der Waals surface area (Å²) >= 11 is 0. The molecule has 0 aromatic heterocycles. The highest BCUT2D eigenvalue weighted by Crippen LogP contribution is 2.48. The molecule has 1 N–H and O–H groups in total. The van der Waals surface area contributed by atoms with Gasteiger partial charge in [-0.05, 0) is 36.5 Å². The number of hydrogen-bond acceptors (Lipinski definition) is 1. The van der Waals surface area contributed by atoms with Crippen LogP contribution in [0.3, 0.4) is 0 Å². The maximum absolute atomic E-state index is 12.9. The summed E-state index contributed by atoms with van der Waals surface area (Å²) in [5, 5.41) is 10.1. The molecule has 1 nitrogen and oxygen atoms in total. The highest BCUT2D eigenvalue weighted by molar-refractivity contribution is 5.21. The van der Waals surface area contributed by atoms with Gasteiger partial charge in [-0.1, -0.05) is 25.5 Å². The minimum atomic E-state index is -0.552. The van der Waals surface area contributed by atoms with Crippen molar-refractivity contribution in [3.8, 4) is 0 Å². The van der Waals surface area contributed by atoms with Crippen molar-refractivity contribution in [3.05, 3.63) is 35.6 Å². The van der Waals surface area contributed by atoms with E-state index in [1.54, 1.807) is 6.07 Å². The quantitative estimate of drug-likeness (QED) is 0.806. The lowest BCUT2D eigenvalue weighted by Gasteiger charge is -2.10. The molecule has 1 aromatic rings. The minimum absolute atomic E-state index is 0.219. The van der Waals surface area contributed by atoms with Crippen molar-refractivity contribution in [1.82, 2.24) is 0 Å². The van der Waals surface area contributed by atoms with Crippen LogP contribution in [0, 0.1) is 11.7 Å². The molecule has 1 fully saturated rings. The average molecular weight is 208 g/mol. The molecular weight excluding hydrogens is 191 g/mol. The number of hydrogen-bond donors (Lipinski definition) is 1. The molecule has 1 aliphatic carbocycles. The van der Waals surface area contributed by atoms with Gasteiger partial charge in [0.2, 0.25) is 0 Å². The highest BCUT2D eigenvalue weighted by Gasteiger charge is 2.51. The second kappa shape index (κ2) is 3.93. The molecule has 0 aliphatic heterocycles. The smallest absolute Gasteiger partial charge is 0.123 e. The van der Waals surface area contributed by atoms with Gasteiger partial charge >= 0.3 is 0 Å². The van der Waals surface area contributed by atoms with Gasteiger partial charge < -0.3 is 5.11 Å². The van der Waals surface area contributed by atoms with Gasteiger partial charge in [-0.25, -0.2) is 4.39 Å². The zero-order valence-electron chi connectivity index (χ0n) is 9.04. The van der Waals surface area contributed by atoms with E-state index in [0.29, 0.717) is 12.3 Å². The average Bonchev–Trinajstić information content (AvgIpc) is 2.76. The van der Waals surface area contributed by atoms with Gasteiger partial charge in [0.1, 0.15) is 5.82 Å². The second-order valence-corrected chi connectivity index (χ2v) is 4.60. The Morgan fingerprint density at radius 3 is 3.00 bits per heavy atom. The first-order valence-corrected chi connectivity index (χ1v) is 5.61. The van der Waals surface area contributed by atoms with Gasteiger partial charge in [-0.15, -0.1) is 0 Å². The van der Waals surface area contributed by atoms with E-state index in [0.717, 1.165) is 24.8 Å². The Labute approximate surface area is 89.9 Å². The third-order valence-electron chi connectivity index (χ3n) is 3.24. The zero-order valence-corrected chi connectivity index (χ0v) is 9.04. The predicted molar refractivity (Wildman–Crippen MR) is 58.1 cm³/mol. The molecule has 0 heterocycles. The van der Waals surface area contributed by atoms with Crippen LogP contribution in [-0.4, -0.2) is 10.7 Å². The molecule has 1 saturated carbocycles. The molecular formula is C13H17FO. The second-order valence-electron chi connectivity index (χ2n) is 4.60. The van der Waals surface area contributed by atoms with Gasteiger partial charge in [0, 0.05) is 6.42 Å². The molecule has 0 saturated heterocycles. The van der Waals surface area contributed by atoms with Crippen LogP contribution in [0.15, 0.2) is 24.3 Å². The summed E-state index contributed by atoms with van der Waals surface area (Å²) in [6, 6.07) is 6.52. The number of benzene rings is 1. The topological polar surface area (TPSA) is 20.2 Å². The molecule has 1 aliphatic rings. The lowest BCUT2D eigenvalue weighted by Crippen LogP contribution is -2.15. The van der Waals surface area contributed by atoms with Crippen molar-refractivity contribution >= 4 is 0 Å². The van der Waals surface area contributed by atoms with Gasteiger partial charge in [-0.3, -0.25) is 0 Å². The van der Waals surface area contributed by atoms with Crippen molar-refractivity contribution in [1.29, 1.82) is 0 Å². The molecule has 0 radical (unpaired) electrons. The van der Waals surface area contributed by atoms with Crippen LogP contribution in [0.4, 0.5) is 4.39 Å². The first-order valence-electron chi connectivity index (χ1n) is 5.61. The molecule has 2 unspecified atom stereocenters. The van der Waals surface area contributed by atoms with Crippen LogP contribution in [0.25, 0.3) is 0 Å². The summed E-state index contributed by atoms with van der Waals surface area (Å²) in [6.07, 6.45) is 3.65. The van der Waals surface area contributed by atoms with E-state index < -0.39 is 5.60 Å². The Hall–Kier alpha value is -0.890. The summed E-state index contributed by atoms with van der Waals surface area (Å²) in [5.41, 5.74) is 0.347. The molecule has 2 heteroatoms. The molecule has 15 heavy (non-hydrogen) atoms. The van der Waals surface area contributed by atoms with E-state index >= 15 is 0 Å². The van der Waals surface area contributed by atoms with Crippen LogP contribution in [0.2, 0.25) is 0 Å². The predicted octanol–water partition coefficient (Wildman–Crippen LogP) is 2.92. The van der Waals surface area contributed by atoms with E-state index in [1.165, 1.54) is 12.1 Å². The third-order valence-corrected chi connectivity index (χ3v) is 3.24. The van der Waals surface area contributed by atoms with Crippen LogP contribution in [0.5, 0.6) is 0 Å². The summed E-state index contributed by atoms with van der Waals surface area (Å²) in [6.45, 7) is 2.13. The SMILES string of the molecule is CCCC1CC1(O)Cc1cccc(F)c1. The first kappa shape index (κ1) is 10.6. The van der Waals surface area contributed by atoms with Gasteiger partial charge in [-0.2, -0.15) is 0 Å². The third kappa shape index (κ3) is 2.37. The van der Waals surface area contributed by atoms with E-state index in [2.05, 4.69) is 6.92 Å². The molecule has 82 valence electrons. The maximum Gasteiger partial charge on any atom is 0.123 e. The standard InChI is InChI=1S/C13H17FO/c1-2-4-11-9-13(11,15)8-10-5-3-6-12(14)7-10/h3,5-7,11,15H,2,4,8-9H2,1H3. The fourth-order valence-electron chi connectivity index (χ4n) is 2.30. The Kier molecular flexibility index (Phi) is 2.79. The van der Waals surface area contributed by atoms with Crippen molar-refractivity contribution < 1.29 is 9.50 Å². The molecule has 0 spiro atoms. The van der Waals surface area contributed by atoms with E-state index in [-0.39, 0.29) is 5.82 Å². The lowest BCUT2D eigenvalue weighted by atomic mass is 10.0. The first-order chi connectivity index (χ1) is 7.14. The van der Waals surface area contributed by atoms with Gasteiger partial charge in [0.05, 0.1) is 5.60 Å². The fraction of sp³-hybridized carbons (Fsp3) is 0.538. The monoisotopic (exact) mass is 208 g/mol. The number of aliphatic hydroxyl groups is 1. The summed E-state index contributed by atoms with van der Waals surface area (Å²) in [5.74, 6) is 0.203. The van der Waals surface area contributed by atoms with Gasteiger partial charge in [0.25, 0.3) is 0 Å². The summed E-state index contributed by atoms with van der Waals surface area (Å²) < 4.78 is 12.9. The molecule has 0 amide bonds. The van der Waals surface area contributed by atoms with Crippen molar-refractivity contribution in [2.24, 2.45) is 5.92 Å². The fourth-order valence-corrected chi connectivity index (χ4v) is 2.30. The van der Waals surface area contributed by atoms with Crippen molar-refractivity contribution in [3.63, 3.8) is 0 Å². The van der Waals surface area contributed by atoms with Crippen LogP contribution in [0.1, 0.15) is 31.7 Å². The normalized spacial score (nSPS) is 29.1. The molecule has 0 bridgehead atoms. The number of rotatable bonds is 4. The summed E-state index contributed by atoms with van der Waals surface area (Å²) in [7, 11) is 0. The van der Waals surface area contributed by atoms with Gasteiger partial charge in [0.15, 0.2) is 0 Å². The number of halogens is 1. The largest absolute Gasteiger partial charge is 0.389 e. The minimum Gasteiger partial charge on any atom is -0.389 e. The molecule has 2 rings (SSSR count). The highest BCUT2D eigenvalue weighted by atomic mass is 19.1. The lowest BCUT2D eigenvalue weighted by molar-refractivity contribution is 0.129. The van der Waals surface area contributed by atoms with Crippen LogP contribution >= 0.6 is 0 Å². The van der Waals surface area contributed by atoms with E-state index in [1.807, 2.05) is 6.07 Å². The molecule has 2 atom stereocenters. The Morgan fingerprint density at radius 2 is 2.33 bits per heavy atom. The Bertz CT molecular complexity index is 350.